The Balaban J connectivity index is 2.87. The average molecular weight is 272 g/mol. The molecule has 0 aliphatic rings. The van der Waals surface area contributed by atoms with Crippen LogP contribution in [0.15, 0.2) is 18.2 Å². The summed E-state index contributed by atoms with van der Waals surface area (Å²) in [5.74, 6) is 1.26. The predicted molar refractivity (Wildman–Crippen MR) is 71.4 cm³/mol. The second kappa shape index (κ2) is 7.11. The number of hydrogen-bond donors (Lipinski definition) is 0. The Morgan fingerprint density at radius 3 is 2.44 bits per heavy atom. The fourth-order valence-corrected chi connectivity index (χ4v) is 1.83. The molecule has 0 heterocycles. The molecule has 1 aromatic carbocycles. The highest BCUT2D eigenvalue weighted by Crippen LogP contribution is 2.28. The second-order valence-electron chi connectivity index (χ2n) is 3.73. The summed E-state index contributed by atoms with van der Waals surface area (Å²) in [6.45, 7) is 3.06. The van der Waals surface area contributed by atoms with Gasteiger partial charge in [0.05, 0.1) is 14.2 Å². The van der Waals surface area contributed by atoms with Crippen LogP contribution in [0.5, 0.6) is 11.5 Å². The summed E-state index contributed by atoms with van der Waals surface area (Å²) in [7, 11) is 3.18. The van der Waals surface area contributed by atoms with Crippen molar-refractivity contribution in [3.8, 4) is 11.5 Å². The Kier molecular flexibility index (Phi) is 5.78. The molecule has 0 saturated heterocycles. The van der Waals surface area contributed by atoms with Crippen LogP contribution in [0.2, 0.25) is 0 Å². The molecule has 100 valence electrons. The van der Waals surface area contributed by atoms with E-state index in [-0.39, 0.29) is 11.8 Å². The summed E-state index contributed by atoms with van der Waals surface area (Å²) in [4.78, 5) is 13.3. The molecule has 4 nitrogen and oxygen atoms in total. The van der Waals surface area contributed by atoms with Crippen LogP contribution in [0.25, 0.3) is 0 Å². The van der Waals surface area contributed by atoms with Crippen LogP contribution in [-0.4, -0.2) is 37.5 Å². The number of alkyl halides is 1. The molecule has 0 unspecified atom stereocenters. The number of ether oxygens (including phenoxy) is 2. The number of carbonyl (C=O) groups is 1. The van der Waals surface area contributed by atoms with E-state index in [1.165, 1.54) is 0 Å². The Labute approximate surface area is 112 Å². The zero-order chi connectivity index (χ0) is 13.5. The van der Waals surface area contributed by atoms with E-state index in [0.29, 0.717) is 24.6 Å². The van der Waals surface area contributed by atoms with Crippen LogP contribution in [0.1, 0.15) is 12.5 Å². The molecule has 1 amide bonds. The molecule has 0 spiro atoms. The van der Waals surface area contributed by atoms with Crippen molar-refractivity contribution in [2.45, 2.75) is 13.5 Å². The van der Waals surface area contributed by atoms with Gasteiger partial charge in [0.25, 0.3) is 0 Å². The van der Waals surface area contributed by atoms with E-state index in [2.05, 4.69) is 0 Å². The second-order valence-corrected chi connectivity index (χ2v) is 4.00. The first-order valence-electron chi connectivity index (χ1n) is 5.70. The molecule has 0 aromatic heterocycles. The van der Waals surface area contributed by atoms with Crippen LogP contribution in [0.4, 0.5) is 0 Å². The number of rotatable bonds is 6. The van der Waals surface area contributed by atoms with E-state index in [1.807, 2.05) is 25.1 Å². The van der Waals surface area contributed by atoms with E-state index >= 15 is 0 Å². The van der Waals surface area contributed by atoms with Crippen LogP contribution in [-0.2, 0) is 11.3 Å². The first-order valence-corrected chi connectivity index (χ1v) is 6.24. The lowest BCUT2D eigenvalue weighted by Gasteiger charge is -2.20. The number of nitrogens with zero attached hydrogens (tertiary/aromatic N) is 1. The van der Waals surface area contributed by atoms with E-state index in [4.69, 9.17) is 21.1 Å². The van der Waals surface area contributed by atoms with Crippen molar-refractivity contribution in [3.05, 3.63) is 23.8 Å². The van der Waals surface area contributed by atoms with Gasteiger partial charge in [0.1, 0.15) is 5.88 Å². The molecule has 0 aliphatic carbocycles. The first-order chi connectivity index (χ1) is 8.65. The number of halogens is 1. The van der Waals surface area contributed by atoms with Gasteiger partial charge in [-0.05, 0) is 24.6 Å². The van der Waals surface area contributed by atoms with Gasteiger partial charge in [0.15, 0.2) is 11.5 Å². The molecule has 18 heavy (non-hydrogen) atoms. The molecular weight excluding hydrogens is 254 g/mol. The summed E-state index contributed by atoms with van der Waals surface area (Å²) >= 11 is 5.56. The van der Waals surface area contributed by atoms with Crippen LogP contribution in [0, 0.1) is 0 Å². The quantitative estimate of drug-likeness (QED) is 0.745. The summed E-state index contributed by atoms with van der Waals surface area (Å²) in [5.41, 5.74) is 0.980. The van der Waals surface area contributed by atoms with Gasteiger partial charge in [-0.3, -0.25) is 4.79 Å². The fraction of sp³-hybridized carbons (Fsp3) is 0.462. The van der Waals surface area contributed by atoms with Crippen molar-refractivity contribution in [1.82, 2.24) is 4.90 Å². The maximum atomic E-state index is 11.6. The molecular formula is C13H18ClNO3. The van der Waals surface area contributed by atoms with E-state index < -0.39 is 0 Å². The topological polar surface area (TPSA) is 38.8 Å². The van der Waals surface area contributed by atoms with Crippen molar-refractivity contribution in [3.63, 3.8) is 0 Å². The minimum absolute atomic E-state index is 0.00112. The first kappa shape index (κ1) is 14.6. The van der Waals surface area contributed by atoms with Gasteiger partial charge in [-0.25, -0.2) is 0 Å². The maximum absolute atomic E-state index is 11.6. The Morgan fingerprint density at radius 1 is 1.28 bits per heavy atom. The SMILES string of the molecule is CCN(Cc1ccc(OC)c(OC)c1)C(=O)CCl. The lowest BCUT2D eigenvalue weighted by molar-refractivity contribution is -0.128. The lowest BCUT2D eigenvalue weighted by Crippen LogP contribution is -2.31. The van der Waals surface area contributed by atoms with E-state index in [0.717, 1.165) is 5.56 Å². The average Bonchev–Trinajstić information content (AvgIpc) is 2.43. The minimum Gasteiger partial charge on any atom is -0.493 e. The normalized spacial score (nSPS) is 10.0. The largest absolute Gasteiger partial charge is 0.493 e. The monoisotopic (exact) mass is 271 g/mol. The number of carbonyl (C=O) groups excluding carboxylic acids is 1. The smallest absolute Gasteiger partial charge is 0.237 e. The molecule has 0 radical (unpaired) electrons. The number of benzene rings is 1. The third-order valence-electron chi connectivity index (χ3n) is 2.67. The molecule has 1 rings (SSSR count). The van der Waals surface area contributed by atoms with Crippen LogP contribution in [0.3, 0.4) is 0 Å². The lowest BCUT2D eigenvalue weighted by atomic mass is 10.2. The van der Waals surface area contributed by atoms with Crippen molar-refractivity contribution in [2.75, 3.05) is 26.6 Å². The van der Waals surface area contributed by atoms with E-state index in [9.17, 15) is 4.79 Å². The van der Waals surface area contributed by atoms with Crippen molar-refractivity contribution < 1.29 is 14.3 Å². The molecule has 5 heteroatoms. The number of methoxy groups -OCH3 is 2. The van der Waals surface area contributed by atoms with Gasteiger partial charge in [0.2, 0.25) is 5.91 Å². The highest BCUT2D eigenvalue weighted by atomic mass is 35.5. The standard InChI is InChI=1S/C13H18ClNO3/c1-4-15(13(16)8-14)9-10-5-6-11(17-2)12(7-10)18-3/h5-7H,4,8-9H2,1-3H3. The maximum Gasteiger partial charge on any atom is 0.237 e. The summed E-state index contributed by atoms with van der Waals surface area (Å²) < 4.78 is 10.4. The minimum atomic E-state index is -0.0750. The number of amides is 1. The molecule has 1 aromatic rings. The van der Waals surface area contributed by atoms with Gasteiger partial charge in [-0.2, -0.15) is 0 Å². The molecule has 0 atom stereocenters. The Morgan fingerprint density at radius 2 is 1.94 bits per heavy atom. The summed E-state index contributed by atoms with van der Waals surface area (Å²) in [5, 5.41) is 0. The zero-order valence-electron chi connectivity index (χ0n) is 10.9. The van der Waals surface area contributed by atoms with Gasteiger partial charge in [-0.15, -0.1) is 11.6 Å². The van der Waals surface area contributed by atoms with Gasteiger partial charge in [-0.1, -0.05) is 6.07 Å². The molecule has 0 fully saturated rings. The Bertz CT molecular complexity index is 409. The molecule has 0 bridgehead atoms. The summed E-state index contributed by atoms with van der Waals surface area (Å²) in [6.07, 6.45) is 0. The third-order valence-corrected chi connectivity index (χ3v) is 2.90. The molecule has 0 saturated carbocycles. The fourth-order valence-electron chi connectivity index (χ4n) is 1.66. The van der Waals surface area contributed by atoms with Crippen molar-refractivity contribution in [2.24, 2.45) is 0 Å². The van der Waals surface area contributed by atoms with Crippen molar-refractivity contribution >= 4 is 17.5 Å². The highest BCUT2D eigenvalue weighted by Gasteiger charge is 2.12. The van der Waals surface area contributed by atoms with Crippen LogP contribution < -0.4 is 9.47 Å². The van der Waals surface area contributed by atoms with Crippen LogP contribution >= 0.6 is 11.6 Å². The van der Waals surface area contributed by atoms with Gasteiger partial charge >= 0.3 is 0 Å². The Hall–Kier alpha value is -1.42. The zero-order valence-corrected chi connectivity index (χ0v) is 11.7. The van der Waals surface area contributed by atoms with Crippen molar-refractivity contribution in [1.29, 1.82) is 0 Å². The highest BCUT2D eigenvalue weighted by molar-refractivity contribution is 6.27. The number of hydrogen-bond acceptors (Lipinski definition) is 3. The molecule has 0 aliphatic heterocycles. The third kappa shape index (κ3) is 3.53. The van der Waals surface area contributed by atoms with E-state index in [1.54, 1.807) is 19.1 Å². The van der Waals surface area contributed by atoms with Gasteiger partial charge < -0.3 is 14.4 Å². The van der Waals surface area contributed by atoms with Gasteiger partial charge in [0, 0.05) is 13.1 Å². The molecule has 0 N–H and O–H groups in total. The predicted octanol–water partition coefficient (Wildman–Crippen LogP) is 2.29. The summed E-state index contributed by atoms with van der Waals surface area (Å²) in [6, 6.07) is 5.60.